The van der Waals surface area contributed by atoms with E-state index < -0.39 is 0 Å². The number of nitrogens with one attached hydrogen (secondary N) is 1. The normalized spacial score (nSPS) is 10.3. The summed E-state index contributed by atoms with van der Waals surface area (Å²) in [6, 6.07) is 21.7. The van der Waals surface area contributed by atoms with Gasteiger partial charge < -0.3 is 10.2 Å². The van der Waals surface area contributed by atoms with Gasteiger partial charge >= 0.3 is 0 Å². The van der Waals surface area contributed by atoms with Crippen molar-refractivity contribution in [1.82, 2.24) is 4.98 Å². The van der Waals surface area contributed by atoms with E-state index in [2.05, 4.69) is 22.4 Å². The van der Waals surface area contributed by atoms with Gasteiger partial charge in [-0.3, -0.25) is 4.79 Å². The van der Waals surface area contributed by atoms with Crippen LogP contribution >= 0.6 is 0 Å². The average Bonchev–Trinajstić information content (AvgIpc) is 2.64. The number of benzene rings is 2. The second-order valence-electron chi connectivity index (χ2n) is 6.07. The largest absolute Gasteiger partial charge is 0.363 e. The Hall–Kier alpha value is -3.14. The lowest BCUT2D eigenvalue weighted by atomic mass is 10.0. The molecule has 0 unspecified atom stereocenters. The SMILES string of the molecule is CN(C)c1ccc(C(=O)Nc2ccccc2Cc2ccccc2)cn1. The molecule has 0 radical (unpaired) electrons. The average molecular weight is 331 g/mol. The summed E-state index contributed by atoms with van der Waals surface area (Å²) in [4.78, 5) is 18.7. The van der Waals surface area contributed by atoms with Gasteiger partial charge in [-0.1, -0.05) is 48.5 Å². The predicted molar refractivity (Wildman–Crippen MR) is 102 cm³/mol. The van der Waals surface area contributed by atoms with Crippen LogP contribution in [0.2, 0.25) is 0 Å². The summed E-state index contributed by atoms with van der Waals surface area (Å²) in [6.45, 7) is 0. The molecule has 0 atom stereocenters. The molecular weight excluding hydrogens is 310 g/mol. The minimum absolute atomic E-state index is 0.154. The summed E-state index contributed by atoms with van der Waals surface area (Å²) in [6.07, 6.45) is 2.37. The zero-order valence-corrected chi connectivity index (χ0v) is 14.4. The van der Waals surface area contributed by atoms with Gasteiger partial charge in [0.2, 0.25) is 0 Å². The molecule has 3 rings (SSSR count). The van der Waals surface area contributed by atoms with E-state index in [9.17, 15) is 4.79 Å². The minimum Gasteiger partial charge on any atom is -0.363 e. The Morgan fingerprint density at radius 3 is 2.36 bits per heavy atom. The highest BCUT2D eigenvalue weighted by Gasteiger charge is 2.10. The van der Waals surface area contributed by atoms with Crippen LogP contribution in [0.1, 0.15) is 21.5 Å². The summed E-state index contributed by atoms with van der Waals surface area (Å²) >= 11 is 0. The number of anilines is 2. The van der Waals surface area contributed by atoms with Gasteiger partial charge in [0.15, 0.2) is 0 Å². The van der Waals surface area contributed by atoms with Crippen LogP contribution in [-0.4, -0.2) is 25.0 Å². The Morgan fingerprint density at radius 1 is 0.960 bits per heavy atom. The number of carbonyl (C=O) groups excluding carboxylic acids is 1. The second kappa shape index (κ2) is 7.62. The summed E-state index contributed by atoms with van der Waals surface area (Å²) in [7, 11) is 3.84. The van der Waals surface area contributed by atoms with Crippen LogP contribution in [0.25, 0.3) is 0 Å². The van der Waals surface area contributed by atoms with Crippen LogP contribution < -0.4 is 10.2 Å². The smallest absolute Gasteiger partial charge is 0.257 e. The molecule has 1 N–H and O–H groups in total. The molecule has 0 aliphatic carbocycles. The van der Waals surface area contributed by atoms with E-state index in [1.165, 1.54) is 5.56 Å². The fourth-order valence-corrected chi connectivity index (χ4v) is 2.59. The topological polar surface area (TPSA) is 45.2 Å². The van der Waals surface area contributed by atoms with Crippen molar-refractivity contribution in [3.8, 4) is 0 Å². The van der Waals surface area contributed by atoms with Crippen LogP contribution in [0.3, 0.4) is 0 Å². The van der Waals surface area contributed by atoms with Gasteiger partial charge in [-0.2, -0.15) is 0 Å². The first-order valence-corrected chi connectivity index (χ1v) is 8.20. The summed E-state index contributed by atoms with van der Waals surface area (Å²) in [5, 5.41) is 3.00. The minimum atomic E-state index is -0.154. The van der Waals surface area contributed by atoms with E-state index in [0.29, 0.717) is 5.56 Å². The molecule has 3 aromatic rings. The van der Waals surface area contributed by atoms with Crippen molar-refractivity contribution in [1.29, 1.82) is 0 Å². The standard InChI is InChI=1S/C21H21N3O/c1-24(2)20-13-12-18(15-22-20)21(25)23-19-11-7-6-10-17(19)14-16-8-4-3-5-9-16/h3-13,15H,14H2,1-2H3,(H,23,25). The fourth-order valence-electron chi connectivity index (χ4n) is 2.59. The van der Waals surface area contributed by atoms with Gasteiger partial charge in [0.05, 0.1) is 5.56 Å². The van der Waals surface area contributed by atoms with Gasteiger partial charge in [0.1, 0.15) is 5.82 Å². The third kappa shape index (κ3) is 4.23. The Morgan fingerprint density at radius 2 is 1.68 bits per heavy atom. The van der Waals surface area contributed by atoms with Crippen molar-refractivity contribution in [3.63, 3.8) is 0 Å². The number of pyridine rings is 1. The lowest BCUT2D eigenvalue weighted by molar-refractivity contribution is 0.102. The van der Waals surface area contributed by atoms with Gasteiger partial charge in [-0.05, 0) is 35.7 Å². The Bertz CT molecular complexity index is 843. The summed E-state index contributed by atoms with van der Waals surface area (Å²) < 4.78 is 0. The Labute approximate surface area is 148 Å². The molecule has 1 aromatic heterocycles. The number of hydrogen-bond donors (Lipinski definition) is 1. The number of aromatic nitrogens is 1. The van der Waals surface area contributed by atoms with E-state index in [-0.39, 0.29) is 5.91 Å². The van der Waals surface area contributed by atoms with E-state index in [1.54, 1.807) is 12.3 Å². The lowest BCUT2D eigenvalue weighted by Gasteiger charge is -2.13. The number of carbonyl (C=O) groups is 1. The van der Waals surface area contributed by atoms with Gasteiger partial charge in [0, 0.05) is 26.0 Å². The highest BCUT2D eigenvalue weighted by Crippen LogP contribution is 2.20. The number of para-hydroxylation sites is 1. The van der Waals surface area contributed by atoms with Crippen LogP contribution in [0.4, 0.5) is 11.5 Å². The Balaban J connectivity index is 1.77. The molecule has 0 saturated heterocycles. The lowest BCUT2D eigenvalue weighted by Crippen LogP contribution is -2.15. The van der Waals surface area contributed by atoms with E-state index in [0.717, 1.165) is 23.5 Å². The van der Waals surface area contributed by atoms with Gasteiger partial charge in [-0.15, -0.1) is 0 Å². The molecule has 0 fully saturated rings. The predicted octanol–water partition coefficient (Wildman–Crippen LogP) is 3.99. The maximum Gasteiger partial charge on any atom is 0.257 e. The second-order valence-corrected chi connectivity index (χ2v) is 6.07. The van der Waals surface area contributed by atoms with Crippen molar-refractivity contribution in [3.05, 3.63) is 89.6 Å². The van der Waals surface area contributed by atoms with Crippen molar-refractivity contribution in [2.24, 2.45) is 0 Å². The monoisotopic (exact) mass is 331 g/mol. The van der Waals surface area contributed by atoms with Crippen molar-refractivity contribution >= 4 is 17.4 Å². The first-order chi connectivity index (χ1) is 12.1. The first kappa shape index (κ1) is 16.7. The first-order valence-electron chi connectivity index (χ1n) is 8.20. The molecule has 0 aliphatic heterocycles. The molecule has 1 amide bonds. The third-order valence-electron chi connectivity index (χ3n) is 3.97. The summed E-state index contributed by atoms with van der Waals surface area (Å²) in [5.41, 5.74) is 3.66. The van der Waals surface area contributed by atoms with Crippen LogP contribution in [-0.2, 0) is 6.42 Å². The zero-order chi connectivity index (χ0) is 17.6. The third-order valence-corrected chi connectivity index (χ3v) is 3.97. The molecule has 0 bridgehead atoms. The molecule has 25 heavy (non-hydrogen) atoms. The molecule has 0 saturated carbocycles. The maximum absolute atomic E-state index is 12.5. The molecule has 126 valence electrons. The van der Waals surface area contributed by atoms with Crippen LogP contribution in [0, 0.1) is 0 Å². The highest BCUT2D eigenvalue weighted by molar-refractivity contribution is 6.04. The summed E-state index contributed by atoms with van der Waals surface area (Å²) in [5.74, 6) is 0.666. The molecule has 2 aromatic carbocycles. The molecule has 0 aliphatic rings. The molecule has 4 nitrogen and oxygen atoms in total. The van der Waals surface area contributed by atoms with Crippen molar-refractivity contribution < 1.29 is 4.79 Å². The molecule has 4 heteroatoms. The molecular formula is C21H21N3O. The maximum atomic E-state index is 12.5. The van der Waals surface area contributed by atoms with Gasteiger partial charge in [0.25, 0.3) is 5.91 Å². The highest BCUT2D eigenvalue weighted by atomic mass is 16.1. The molecule has 0 spiro atoms. The van der Waals surface area contributed by atoms with E-state index >= 15 is 0 Å². The van der Waals surface area contributed by atoms with Crippen molar-refractivity contribution in [2.45, 2.75) is 6.42 Å². The number of rotatable bonds is 5. The number of nitrogens with zero attached hydrogens (tertiary/aromatic N) is 2. The van der Waals surface area contributed by atoms with E-state index in [4.69, 9.17) is 0 Å². The zero-order valence-electron chi connectivity index (χ0n) is 14.4. The molecule has 1 heterocycles. The van der Waals surface area contributed by atoms with Gasteiger partial charge in [-0.25, -0.2) is 4.98 Å². The fraction of sp³-hybridized carbons (Fsp3) is 0.143. The van der Waals surface area contributed by atoms with Crippen LogP contribution in [0.5, 0.6) is 0 Å². The van der Waals surface area contributed by atoms with Crippen LogP contribution in [0.15, 0.2) is 72.9 Å². The quantitative estimate of drug-likeness (QED) is 0.769. The number of hydrogen-bond acceptors (Lipinski definition) is 3. The number of amides is 1. The Kier molecular flexibility index (Phi) is 5.09. The van der Waals surface area contributed by atoms with E-state index in [1.807, 2.05) is 67.5 Å². The van der Waals surface area contributed by atoms with Crippen molar-refractivity contribution in [2.75, 3.05) is 24.3 Å².